The summed E-state index contributed by atoms with van der Waals surface area (Å²) in [6.07, 6.45) is -7.92. The van der Waals surface area contributed by atoms with Crippen LogP contribution in [0.1, 0.15) is 42.2 Å². The molecule has 1 aromatic heterocycles. The Kier molecular flexibility index (Phi) is 5.72. The zero-order valence-electron chi connectivity index (χ0n) is 13.2. The Morgan fingerprint density at radius 1 is 1.20 bits per heavy atom. The van der Waals surface area contributed by atoms with Gasteiger partial charge in [0.1, 0.15) is 5.00 Å². The summed E-state index contributed by atoms with van der Waals surface area (Å²) in [5.41, 5.74) is 1.17. The molecule has 1 heterocycles. The lowest BCUT2D eigenvalue weighted by molar-refractivity contribution is -0.272. The van der Waals surface area contributed by atoms with Crippen molar-refractivity contribution < 1.29 is 31.1 Å². The van der Waals surface area contributed by atoms with Crippen LogP contribution in [0.15, 0.2) is 0 Å². The first-order valence-corrected chi connectivity index (χ1v) is 8.45. The van der Waals surface area contributed by atoms with E-state index in [-0.39, 0.29) is 5.00 Å². The number of carbonyl (C=O) groups is 1. The van der Waals surface area contributed by atoms with Crippen LogP contribution in [0, 0.1) is 17.8 Å². The van der Waals surface area contributed by atoms with E-state index in [9.17, 15) is 31.1 Å². The maximum atomic E-state index is 12.7. The molecule has 0 saturated heterocycles. The van der Waals surface area contributed by atoms with Crippen molar-refractivity contribution in [1.82, 2.24) is 0 Å². The fourth-order valence-corrected chi connectivity index (χ4v) is 3.82. The number of rotatable bonds is 3. The maximum Gasteiger partial charge on any atom is 0.409 e. The Morgan fingerprint density at radius 2 is 1.84 bits per heavy atom. The van der Waals surface area contributed by atoms with Gasteiger partial charge < -0.3 is 5.32 Å². The van der Waals surface area contributed by atoms with Crippen molar-refractivity contribution in [3.63, 3.8) is 0 Å². The molecular formula is C16H15F6NOS. The van der Waals surface area contributed by atoms with Gasteiger partial charge in [-0.15, -0.1) is 11.3 Å². The van der Waals surface area contributed by atoms with Gasteiger partial charge in [-0.1, -0.05) is 18.8 Å². The molecule has 1 aliphatic rings. The summed E-state index contributed by atoms with van der Waals surface area (Å²) in [5, 5.41) is 1.79. The average Bonchev–Trinajstić information content (AvgIpc) is 2.98. The lowest BCUT2D eigenvalue weighted by Crippen LogP contribution is -2.45. The quantitative estimate of drug-likeness (QED) is 0.573. The van der Waals surface area contributed by atoms with E-state index in [1.54, 1.807) is 0 Å². The largest absolute Gasteiger partial charge is 0.409 e. The zero-order valence-corrected chi connectivity index (χ0v) is 14.0. The second-order valence-corrected chi connectivity index (χ2v) is 6.72. The van der Waals surface area contributed by atoms with Crippen molar-refractivity contribution in [2.75, 3.05) is 5.32 Å². The average molecular weight is 383 g/mol. The molecule has 0 radical (unpaired) electrons. The summed E-state index contributed by atoms with van der Waals surface area (Å²) in [6.45, 7) is 1.90. The third-order valence-electron chi connectivity index (χ3n) is 3.66. The smallest absolute Gasteiger partial charge is 0.316 e. The fraction of sp³-hybridized carbons (Fsp3) is 0.562. The number of carbonyl (C=O) groups excluding carboxylic acids is 1. The van der Waals surface area contributed by atoms with Crippen molar-refractivity contribution >= 4 is 22.2 Å². The van der Waals surface area contributed by atoms with Crippen LogP contribution < -0.4 is 5.32 Å². The minimum Gasteiger partial charge on any atom is -0.316 e. The van der Waals surface area contributed by atoms with Gasteiger partial charge >= 0.3 is 12.4 Å². The molecule has 0 aromatic carbocycles. The molecule has 25 heavy (non-hydrogen) atoms. The van der Waals surface area contributed by atoms with Gasteiger partial charge in [0.05, 0.1) is 5.56 Å². The number of halogens is 6. The lowest BCUT2D eigenvalue weighted by atomic mass is 10.1. The highest BCUT2D eigenvalue weighted by Gasteiger charge is 2.61. The molecule has 0 fully saturated rings. The summed E-state index contributed by atoms with van der Waals surface area (Å²) in [5.74, 6) is -0.557. The van der Waals surface area contributed by atoms with Crippen molar-refractivity contribution in [2.45, 2.75) is 51.4 Å². The number of anilines is 1. The summed E-state index contributed by atoms with van der Waals surface area (Å²) in [4.78, 5) is 12.6. The molecule has 1 aliphatic carbocycles. The van der Waals surface area contributed by atoms with Gasteiger partial charge in [-0.2, -0.15) is 26.3 Å². The van der Waals surface area contributed by atoms with E-state index >= 15 is 0 Å². The van der Waals surface area contributed by atoms with Gasteiger partial charge in [-0.3, -0.25) is 4.79 Å². The predicted octanol–water partition coefficient (Wildman–Crippen LogP) is 5.07. The van der Waals surface area contributed by atoms with Crippen LogP contribution in [-0.4, -0.2) is 18.3 Å². The monoisotopic (exact) mass is 383 g/mol. The lowest BCUT2D eigenvalue weighted by Gasteiger charge is -2.21. The Morgan fingerprint density at radius 3 is 2.40 bits per heavy atom. The van der Waals surface area contributed by atoms with Crippen LogP contribution in [-0.2, 0) is 17.6 Å². The SMILES string of the molecule is CCCC#Cc1c(NC(=O)C(C(F)(F)F)C(F)(F)F)sc2c1CCC2. The molecule has 0 spiro atoms. The number of thiophene rings is 1. The molecule has 1 amide bonds. The number of hydrogen-bond acceptors (Lipinski definition) is 2. The number of hydrogen-bond donors (Lipinski definition) is 1. The van der Waals surface area contributed by atoms with E-state index in [4.69, 9.17) is 0 Å². The molecule has 9 heteroatoms. The summed E-state index contributed by atoms with van der Waals surface area (Å²) in [6, 6.07) is 0. The highest BCUT2D eigenvalue weighted by molar-refractivity contribution is 7.16. The van der Waals surface area contributed by atoms with Crippen molar-refractivity contribution in [3.05, 3.63) is 16.0 Å². The molecule has 2 nitrogen and oxygen atoms in total. The molecular weight excluding hydrogens is 368 g/mol. The highest BCUT2D eigenvalue weighted by atomic mass is 32.1. The number of unbranched alkanes of at least 4 members (excludes halogenated alkanes) is 1. The zero-order chi connectivity index (χ0) is 18.8. The van der Waals surface area contributed by atoms with Crippen molar-refractivity contribution in [3.8, 4) is 11.8 Å². The van der Waals surface area contributed by atoms with E-state index in [1.807, 2.05) is 12.2 Å². The van der Waals surface area contributed by atoms with Crippen molar-refractivity contribution in [1.29, 1.82) is 0 Å². The number of amides is 1. The Bertz CT molecular complexity index is 693. The van der Waals surface area contributed by atoms with E-state index in [0.717, 1.165) is 34.6 Å². The molecule has 138 valence electrons. The second kappa shape index (κ2) is 7.28. The molecule has 0 unspecified atom stereocenters. The van der Waals surface area contributed by atoms with Crippen LogP contribution in [0.3, 0.4) is 0 Å². The van der Waals surface area contributed by atoms with Crippen LogP contribution in [0.4, 0.5) is 31.3 Å². The first-order valence-electron chi connectivity index (χ1n) is 7.63. The minimum absolute atomic E-state index is 0.0307. The van der Waals surface area contributed by atoms with Gasteiger partial charge in [0, 0.05) is 11.3 Å². The first-order chi connectivity index (χ1) is 11.6. The summed E-state index contributed by atoms with van der Waals surface area (Å²) in [7, 11) is 0. The predicted molar refractivity (Wildman–Crippen MR) is 82.4 cm³/mol. The van der Waals surface area contributed by atoms with Crippen LogP contribution in [0.2, 0.25) is 0 Å². The van der Waals surface area contributed by atoms with Gasteiger partial charge in [0.2, 0.25) is 11.8 Å². The van der Waals surface area contributed by atoms with E-state index in [1.165, 1.54) is 0 Å². The van der Waals surface area contributed by atoms with E-state index < -0.39 is 24.2 Å². The number of nitrogens with one attached hydrogen (secondary N) is 1. The van der Waals surface area contributed by atoms with Gasteiger partial charge in [0.15, 0.2) is 0 Å². The second-order valence-electron chi connectivity index (χ2n) is 5.62. The van der Waals surface area contributed by atoms with Crippen LogP contribution in [0.25, 0.3) is 0 Å². The standard InChI is InChI=1S/C16H15F6NOS/c1-2-3-4-6-10-9-7-5-8-11(9)25-14(10)23-13(24)12(15(17,18)19)16(20,21)22/h12H,2-3,5,7-8H2,1H3,(H,23,24). The molecule has 0 atom stereocenters. The van der Waals surface area contributed by atoms with E-state index in [0.29, 0.717) is 24.8 Å². The normalized spacial score (nSPS) is 14.2. The molecule has 0 aliphatic heterocycles. The molecule has 0 saturated carbocycles. The Hall–Kier alpha value is -1.69. The Balaban J connectivity index is 2.34. The molecule has 0 bridgehead atoms. The summed E-state index contributed by atoms with van der Waals surface area (Å²) < 4.78 is 76.0. The van der Waals surface area contributed by atoms with E-state index in [2.05, 4.69) is 11.8 Å². The summed E-state index contributed by atoms with van der Waals surface area (Å²) >= 11 is 1.00. The van der Waals surface area contributed by atoms with Gasteiger partial charge in [-0.25, -0.2) is 0 Å². The van der Waals surface area contributed by atoms with Gasteiger partial charge in [-0.05, 0) is 31.2 Å². The molecule has 2 rings (SSSR count). The fourth-order valence-electron chi connectivity index (χ4n) is 2.57. The number of aryl methyl sites for hydroxylation is 1. The highest BCUT2D eigenvalue weighted by Crippen LogP contribution is 2.42. The van der Waals surface area contributed by atoms with Crippen molar-refractivity contribution in [2.24, 2.45) is 5.92 Å². The molecule has 1 N–H and O–H groups in total. The number of alkyl halides is 6. The van der Waals surface area contributed by atoms with Crippen LogP contribution in [0.5, 0.6) is 0 Å². The van der Waals surface area contributed by atoms with Crippen LogP contribution >= 0.6 is 11.3 Å². The number of fused-ring (bicyclic) bond motifs is 1. The maximum absolute atomic E-state index is 12.7. The Labute approximate surface area is 144 Å². The van der Waals surface area contributed by atoms with Gasteiger partial charge in [0.25, 0.3) is 0 Å². The molecule has 1 aromatic rings. The third-order valence-corrected chi connectivity index (χ3v) is 4.87. The minimum atomic E-state index is -5.71. The topological polar surface area (TPSA) is 29.1 Å². The first kappa shape index (κ1) is 19.6. The third kappa shape index (κ3) is 4.48.